The van der Waals surface area contributed by atoms with Gasteiger partial charge in [0, 0.05) is 13.1 Å². The molecule has 4 rings (SSSR count). The molecule has 1 aromatic carbocycles. The predicted octanol–water partition coefficient (Wildman–Crippen LogP) is 3.10. The Morgan fingerprint density at radius 2 is 1.90 bits per heavy atom. The molecule has 206 valence electrons. The van der Waals surface area contributed by atoms with E-state index in [4.69, 9.17) is 22.1 Å². The summed E-state index contributed by atoms with van der Waals surface area (Å²) >= 11 is 6.32. The van der Waals surface area contributed by atoms with E-state index in [1.165, 1.54) is 10.7 Å². The molecule has 0 bridgehead atoms. The highest BCUT2D eigenvalue weighted by Crippen LogP contribution is 2.26. The number of nitriles is 1. The van der Waals surface area contributed by atoms with Crippen LogP contribution in [0.4, 0.5) is 21.0 Å². The van der Waals surface area contributed by atoms with Gasteiger partial charge in [-0.1, -0.05) is 11.6 Å². The number of nitrogens with two attached hydrogens (primary N) is 1. The lowest BCUT2D eigenvalue weighted by atomic mass is 10.2. The number of carbonyl (C=O) groups excluding carboxylic acids is 1. The van der Waals surface area contributed by atoms with Crippen LogP contribution in [-0.2, 0) is 4.74 Å². The molecule has 3 N–H and O–H groups in total. The first-order chi connectivity index (χ1) is 18.3. The molecule has 39 heavy (non-hydrogen) atoms. The zero-order valence-electron chi connectivity index (χ0n) is 22.2. The molecule has 2 aromatic heterocycles. The molecular weight excluding hydrogens is 529 g/mol. The van der Waals surface area contributed by atoms with Gasteiger partial charge in [-0.2, -0.15) is 10.2 Å². The van der Waals surface area contributed by atoms with Gasteiger partial charge in [0.25, 0.3) is 5.56 Å². The first-order valence-electron chi connectivity index (χ1n) is 12.2. The molecule has 1 aliphatic heterocycles. The van der Waals surface area contributed by atoms with Crippen LogP contribution in [0.3, 0.4) is 0 Å². The zero-order chi connectivity index (χ0) is 28.6. The first-order valence-corrected chi connectivity index (χ1v) is 12.6. The summed E-state index contributed by atoms with van der Waals surface area (Å²) in [5, 5.41) is 14.4. The van der Waals surface area contributed by atoms with Gasteiger partial charge in [0.2, 0.25) is 5.95 Å². The third-order valence-corrected chi connectivity index (χ3v) is 6.39. The molecule has 0 saturated carbocycles. The van der Waals surface area contributed by atoms with Crippen molar-refractivity contribution in [2.45, 2.75) is 46.3 Å². The Kier molecular flexibility index (Phi) is 7.52. The molecule has 1 aliphatic rings. The number of nitrogens with one attached hydrogen (secondary N) is 1. The van der Waals surface area contributed by atoms with Crippen LogP contribution in [0, 0.1) is 24.1 Å². The molecule has 1 atom stereocenters. The molecule has 14 heteroatoms. The zero-order valence-corrected chi connectivity index (χ0v) is 23.0. The number of nitrogens with zero attached hydrogens (tertiary/aromatic N) is 7. The summed E-state index contributed by atoms with van der Waals surface area (Å²) in [5.41, 5.74) is 4.95. The number of amides is 1. The number of piperazine rings is 1. The maximum atomic E-state index is 14.8. The van der Waals surface area contributed by atoms with E-state index < -0.39 is 29.1 Å². The number of carbonyl (C=O) groups is 1. The van der Waals surface area contributed by atoms with Gasteiger partial charge >= 0.3 is 6.09 Å². The van der Waals surface area contributed by atoms with Crippen molar-refractivity contribution in [1.29, 1.82) is 5.26 Å². The lowest BCUT2D eigenvalue weighted by molar-refractivity contribution is 0.0231. The number of aryl methyl sites for hydroxylation is 1. The van der Waals surface area contributed by atoms with E-state index in [-0.39, 0.29) is 65.3 Å². The Morgan fingerprint density at radius 1 is 1.23 bits per heavy atom. The van der Waals surface area contributed by atoms with Gasteiger partial charge in [0.1, 0.15) is 34.4 Å². The lowest BCUT2D eigenvalue weighted by Gasteiger charge is -2.38. The highest BCUT2D eigenvalue weighted by atomic mass is 35.5. The average molecular weight is 558 g/mol. The van der Waals surface area contributed by atoms with Gasteiger partial charge in [0.15, 0.2) is 5.82 Å². The Morgan fingerprint density at radius 3 is 2.51 bits per heavy atom. The average Bonchev–Trinajstić information content (AvgIpc) is 2.84. The highest BCUT2D eigenvalue weighted by molar-refractivity contribution is 6.35. The van der Waals surface area contributed by atoms with Crippen molar-refractivity contribution in [1.82, 2.24) is 24.5 Å². The van der Waals surface area contributed by atoms with Crippen LogP contribution >= 0.6 is 11.6 Å². The van der Waals surface area contributed by atoms with E-state index in [0.717, 1.165) is 6.07 Å². The molecule has 3 heterocycles. The number of anilines is 2. The monoisotopic (exact) mass is 557 g/mol. The standard InChI is InChI=1S/C25H29ClFN9O3/c1-13-15(12-28)20(33-23(29)31-13)30-14(2)21-32-19-17(27)7-6-16(26)18(19)22(37)36(21)35-10-8-34(9-11-35)24(38)39-25(3,4)5/h6-7,14H,8-11H2,1-5H3,(H3,29,30,31,33). The van der Waals surface area contributed by atoms with E-state index >= 15 is 0 Å². The third-order valence-electron chi connectivity index (χ3n) is 6.08. The minimum atomic E-state index is -0.745. The molecule has 3 aromatic rings. The molecule has 0 radical (unpaired) electrons. The lowest BCUT2D eigenvalue weighted by Crippen LogP contribution is -2.57. The molecule has 0 aliphatic carbocycles. The molecule has 1 saturated heterocycles. The second-order valence-electron chi connectivity index (χ2n) is 10.1. The second-order valence-corrected chi connectivity index (χ2v) is 10.5. The topological polar surface area (TPSA) is 155 Å². The van der Waals surface area contributed by atoms with Crippen LogP contribution in [0.5, 0.6) is 0 Å². The number of rotatable bonds is 4. The van der Waals surface area contributed by atoms with Crippen molar-refractivity contribution >= 4 is 40.4 Å². The van der Waals surface area contributed by atoms with Crippen LogP contribution in [0.25, 0.3) is 10.9 Å². The number of ether oxygens (including phenoxy) is 1. The number of fused-ring (bicyclic) bond motifs is 1. The second kappa shape index (κ2) is 10.5. The van der Waals surface area contributed by atoms with E-state index in [1.54, 1.807) is 44.5 Å². The van der Waals surface area contributed by atoms with Crippen LogP contribution in [-0.4, -0.2) is 62.4 Å². The minimum Gasteiger partial charge on any atom is -0.444 e. The number of halogens is 2. The molecule has 1 fully saturated rings. The number of hydrogen-bond donors (Lipinski definition) is 2. The number of benzene rings is 1. The van der Waals surface area contributed by atoms with E-state index in [2.05, 4.69) is 20.3 Å². The van der Waals surface area contributed by atoms with Crippen molar-refractivity contribution in [2.75, 3.05) is 42.2 Å². The van der Waals surface area contributed by atoms with Crippen LogP contribution in [0.2, 0.25) is 5.02 Å². The highest BCUT2D eigenvalue weighted by Gasteiger charge is 2.30. The van der Waals surface area contributed by atoms with Crippen molar-refractivity contribution in [2.24, 2.45) is 0 Å². The van der Waals surface area contributed by atoms with E-state index in [0.29, 0.717) is 5.69 Å². The predicted molar refractivity (Wildman–Crippen MR) is 145 cm³/mol. The fourth-order valence-corrected chi connectivity index (χ4v) is 4.52. The number of hydrogen-bond acceptors (Lipinski definition) is 10. The van der Waals surface area contributed by atoms with Crippen molar-refractivity contribution in [3.8, 4) is 6.07 Å². The SMILES string of the molecule is Cc1nc(N)nc(NC(C)c2nc3c(F)ccc(Cl)c3c(=O)n2N2CCN(C(=O)OC(C)(C)C)CC2)c1C#N. The fourth-order valence-electron chi connectivity index (χ4n) is 4.29. The number of nitrogen functional groups attached to an aromatic ring is 1. The van der Waals surface area contributed by atoms with Crippen LogP contribution in [0.15, 0.2) is 16.9 Å². The van der Waals surface area contributed by atoms with E-state index in [9.17, 15) is 19.2 Å². The van der Waals surface area contributed by atoms with Crippen molar-refractivity contribution in [3.63, 3.8) is 0 Å². The Hall–Kier alpha value is -4.18. The summed E-state index contributed by atoms with van der Waals surface area (Å²) in [6.07, 6.45) is -0.452. The first kappa shape index (κ1) is 27.8. The minimum absolute atomic E-state index is 0.0406. The molecule has 1 amide bonds. The van der Waals surface area contributed by atoms with E-state index in [1.807, 2.05) is 6.07 Å². The van der Waals surface area contributed by atoms with Crippen LogP contribution in [0.1, 0.15) is 50.8 Å². The Balaban J connectivity index is 1.77. The molecule has 12 nitrogen and oxygen atoms in total. The molecule has 0 spiro atoms. The van der Waals surface area contributed by atoms with Gasteiger partial charge in [-0.25, -0.2) is 23.8 Å². The number of aromatic nitrogens is 4. The van der Waals surface area contributed by atoms with Crippen LogP contribution < -0.4 is 21.6 Å². The summed E-state index contributed by atoms with van der Waals surface area (Å²) in [4.78, 5) is 40.6. The Labute approximate surface area is 229 Å². The summed E-state index contributed by atoms with van der Waals surface area (Å²) in [6.45, 7) is 9.76. The maximum absolute atomic E-state index is 14.8. The molecule has 1 unspecified atom stereocenters. The summed E-state index contributed by atoms with van der Waals surface area (Å²) in [7, 11) is 0. The van der Waals surface area contributed by atoms with Gasteiger partial charge in [-0.3, -0.25) is 4.79 Å². The summed E-state index contributed by atoms with van der Waals surface area (Å²) < 4.78 is 21.7. The van der Waals surface area contributed by atoms with Gasteiger partial charge in [-0.05, 0) is 46.8 Å². The molecular formula is C25H29ClFN9O3. The maximum Gasteiger partial charge on any atom is 0.410 e. The normalized spacial score (nSPS) is 14.7. The van der Waals surface area contributed by atoms with Gasteiger partial charge in [-0.15, -0.1) is 0 Å². The summed E-state index contributed by atoms with van der Waals surface area (Å²) in [5.74, 6) is -0.446. The van der Waals surface area contributed by atoms with Crippen molar-refractivity contribution in [3.05, 3.63) is 50.4 Å². The Bertz CT molecular complexity index is 1540. The smallest absolute Gasteiger partial charge is 0.410 e. The quantitative estimate of drug-likeness (QED) is 0.488. The van der Waals surface area contributed by atoms with Gasteiger partial charge in [0.05, 0.1) is 35.2 Å². The summed E-state index contributed by atoms with van der Waals surface area (Å²) in [6, 6.07) is 3.75. The third kappa shape index (κ3) is 5.65. The van der Waals surface area contributed by atoms with Crippen molar-refractivity contribution < 1.29 is 13.9 Å². The van der Waals surface area contributed by atoms with Gasteiger partial charge < -0.3 is 25.7 Å². The largest absolute Gasteiger partial charge is 0.444 e. The fraction of sp³-hybridized carbons (Fsp3) is 0.440.